The van der Waals surface area contributed by atoms with Gasteiger partial charge in [-0.3, -0.25) is 15.4 Å². The Morgan fingerprint density at radius 2 is 1.27 bits per heavy atom. The third-order valence-corrected chi connectivity index (χ3v) is 5.60. The molecule has 4 rings (SSSR count). The van der Waals surface area contributed by atoms with Crippen LogP contribution in [0.15, 0.2) is 113 Å². The molecule has 0 radical (unpaired) electrons. The van der Waals surface area contributed by atoms with Gasteiger partial charge in [0.2, 0.25) is 11.7 Å². The lowest BCUT2D eigenvalue weighted by molar-refractivity contribution is 0.0933. The third kappa shape index (κ3) is 8.67. The molecule has 1 heterocycles. The summed E-state index contributed by atoms with van der Waals surface area (Å²) in [5, 5.41) is 4.89. The zero-order valence-electron chi connectivity index (χ0n) is 21.5. The molecule has 0 unspecified atom stereocenters. The van der Waals surface area contributed by atoms with Crippen LogP contribution in [-0.4, -0.2) is 30.0 Å². The van der Waals surface area contributed by atoms with Gasteiger partial charge in [-0.1, -0.05) is 72.8 Å². The van der Waals surface area contributed by atoms with Gasteiger partial charge in [-0.2, -0.15) is 0 Å². The molecular weight excluding hydrogens is 512 g/mol. The van der Waals surface area contributed by atoms with Crippen LogP contribution in [0.1, 0.15) is 27.2 Å². The van der Waals surface area contributed by atoms with Crippen molar-refractivity contribution in [2.24, 2.45) is 10.7 Å². The van der Waals surface area contributed by atoms with E-state index < -0.39 is 18.2 Å². The Labute approximate surface area is 230 Å². The van der Waals surface area contributed by atoms with Crippen molar-refractivity contribution < 1.29 is 28.3 Å². The first-order valence-corrected chi connectivity index (χ1v) is 12.4. The van der Waals surface area contributed by atoms with E-state index in [0.29, 0.717) is 5.69 Å². The fourth-order valence-corrected chi connectivity index (χ4v) is 3.58. The van der Waals surface area contributed by atoms with E-state index in [-0.39, 0.29) is 37.1 Å². The molecule has 40 heavy (non-hydrogen) atoms. The summed E-state index contributed by atoms with van der Waals surface area (Å²) in [5.41, 5.74) is 8.85. The van der Waals surface area contributed by atoms with E-state index in [4.69, 9.17) is 19.6 Å². The largest absolute Gasteiger partial charge is 0.461 e. The highest BCUT2D eigenvalue weighted by Gasteiger charge is 2.19. The Hall–Kier alpha value is -5.22. The highest BCUT2D eigenvalue weighted by molar-refractivity contribution is 6.02. The van der Waals surface area contributed by atoms with Gasteiger partial charge in [0.05, 0.1) is 18.0 Å². The fraction of sp³-hybridized carbons (Fsp3) is 0.133. The predicted octanol–water partition coefficient (Wildman–Crippen LogP) is 4.87. The number of amides is 2. The van der Waals surface area contributed by atoms with Crippen molar-refractivity contribution in [3.63, 3.8) is 0 Å². The van der Waals surface area contributed by atoms with Crippen LogP contribution in [0.3, 0.4) is 0 Å². The second-order valence-electron chi connectivity index (χ2n) is 8.65. The summed E-state index contributed by atoms with van der Waals surface area (Å²) in [6.07, 6.45) is 0.0706. The van der Waals surface area contributed by atoms with Gasteiger partial charge in [0, 0.05) is 0 Å². The van der Waals surface area contributed by atoms with Gasteiger partial charge in [0.15, 0.2) is 5.76 Å². The number of nitrogens with two attached hydrogens (primary N) is 1. The number of ether oxygens (including phenoxy) is 2. The standard InChI is InChI=1S/C30H28N4O6/c31-25(27(35)26-12-7-17-38-26)18-21-13-15-24(16-14-21)32-28(33-29(36)39-19-22-8-3-1-4-9-22)34-30(37)40-20-23-10-5-2-6-11-23/h1-17,25H,18-20,31H2,(H2,32,33,34,36,37)/t25-/m0/s1. The van der Waals surface area contributed by atoms with Crippen molar-refractivity contribution in [1.29, 1.82) is 0 Å². The number of nitrogens with one attached hydrogen (secondary N) is 2. The lowest BCUT2D eigenvalue weighted by atomic mass is 10.0. The maximum Gasteiger partial charge on any atom is 0.414 e. The molecule has 2 amide bonds. The fourth-order valence-electron chi connectivity index (χ4n) is 3.58. The third-order valence-electron chi connectivity index (χ3n) is 5.60. The number of rotatable bonds is 9. The Bertz CT molecular complexity index is 1360. The van der Waals surface area contributed by atoms with Gasteiger partial charge in [0.25, 0.3) is 0 Å². The maximum atomic E-state index is 12.5. The van der Waals surface area contributed by atoms with Crippen LogP contribution < -0.4 is 16.4 Å². The molecule has 1 aromatic heterocycles. The van der Waals surface area contributed by atoms with Gasteiger partial charge in [-0.15, -0.1) is 0 Å². The van der Waals surface area contributed by atoms with Gasteiger partial charge < -0.3 is 19.6 Å². The second-order valence-corrected chi connectivity index (χ2v) is 8.65. The number of hydrogen-bond donors (Lipinski definition) is 3. The van der Waals surface area contributed by atoms with E-state index in [1.165, 1.54) is 6.26 Å². The lowest BCUT2D eigenvalue weighted by Gasteiger charge is -2.12. The summed E-state index contributed by atoms with van der Waals surface area (Å²) >= 11 is 0. The van der Waals surface area contributed by atoms with Crippen LogP contribution in [0.4, 0.5) is 15.3 Å². The molecule has 0 aliphatic rings. The molecule has 0 saturated carbocycles. The molecular formula is C30H28N4O6. The maximum absolute atomic E-state index is 12.5. The van der Waals surface area contributed by atoms with Crippen LogP contribution in [0.5, 0.6) is 0 Å². The van der Waals surface area contributed by atoms with Crippen molar-refractivity contribution >= 4 is 29.6 Å². The number of alkyl carbamates (subject to hydrolysis) is 2. The number of ketones is 1. The number of guanidine groups is 1. The predicted molar refractivity (Wildman–Crippen MR) is 148 cm³/mol. The second kappa shape index (κ2) is 14.1. The Kier molecular flexibility index (Phi) is 9.78. The minimum Gasteiger partial charge on any atom is -0.461 e. The number of hydrogen-bond acceptors (Lipinski definition) is 8. The minimum absolute atomic E-state index is 0.0318. The van der Waals surface area contributed by atoms with Crippen molar-refractivity contribution in [2.45, 2.75) is 25.7 Å². The summed E-state index contributed by atoms with van der Waals surface area (Å²) in [5.74, 6) is -0.284. The summed E-state index contributed by atoms with van der Waals surface area (Å²) in [6, 6.07) is 27.5. The molecule has 0 aliphatic heterocycles. The summed E-state index contributed by atoms with van der Waals surface area (Å²) < 4.78 is 15.6. The van der Waals surface area contributed by atoms with Crippen LogP contribution >= 0.6 is 0 Å². The van der Waals surface area contributed by atoms with Crippen LogP contribution in [-0.2, 0) is 29.1 Å². The van der Waals surface area contributed by atoms with E-state index in [2.05, 4.69) is 15.6 Å². The van der Waals surface area contributed by atoms with Gasteiger partial charge in [0.1, 0.15) is 13.2 Å². The first kappa shape index (κ1) is 27.8. The SMILES string of the molecule is N[C@@H](Cc1ccc(N=C(NC(=O)OCc2ccccc2)NC(=O)OCc2ccccc2)cc1)C(=O)c1ccco1. The molecule has 0 spiro atoms. The van der Waals surface area contributed by atoms with Crippen molar-refractivity contribution in [3.8, 4) is 0 Å². The number of aliphatic imine (C=N–C) groups is 1. The van der Waals surface area contributed by atoms with E-state index >= 15 is 0 Å². The van der Waals surface area contributed by atoms with Crippen molar-refractivity contribution in [2.75, 3.05) is 0 Å². The molecule has 204 valence electrons. The molecule has 4 aromatic rings. The average molecular weight is 541 g/mol. The summed E-state index contributed by atoms with van der Waals surface area (Å²) in [4.78, 5) is 41.6. The Morgan fingerprint density at radius 3 is 1.77 bits per heavy atom. The highest BCUT2D eigenvalue weighted by Crippen LogP contribution is 2.15. The van der Waals surface area contributed by atoms with Crippen LogP contribution in [0.2, 0.25) is 0 Å². The molecule has 4 N–H and O–H groups in total. The van der Waals surface area contributed by atoms with Gasteiger partial charge in [-0.25, -0.2) is 14.6 Å². The summed E-state index contributed by atoms with van der Waals surface area (Å²) in [7, 11) is 0. The van der Waals surface area contributed by atoms with Gasteiger partial charge >= 0.3 is 12.2 Å². The molecule has 10 nitrogen and oxygen atoms in total. The van der Waals surface area contributed by atoms with E-state index in [0.717, 1.165) is 16.7 Å². The first-order valence-electron chi connectivity index (χ1n) is 12.4. The molecule has 0 bridgehead atoms. The molecule has 0 saturated heterocycles. The number of Topliss-reactive ketones (excluding diaryl/α,β-unsaturated/α-hetero) is 1. The molecule has 0 aliphatic carbocycles. The number of benzene rings is 3. The zero-order chi connectivity index (χ0) is 28.2. The number of carbonyl (C=O) groups excluding carboxylic acids is 3. The molecule has 1 atom stereocenters. The average Bonchev–Trinajstić information content (AvgIpc) is 3.52. The first-order chi connectivity index (χ1) is 19.5. The zero-order valence-corrected chi connectivity index (χ0v) is 21.5. The summed E-state index contributed by atoms with van der Waals surface area (Å²) in [6.45, 7) is 0.0637. The lowest BCUT2D eigenvalue weighted by Crippen LogP contribution is -2.44. The minimum atomic E-state index is -0.815. The number of furan rings is 1. The normalized spacial score (nSPS) is 11.1. The van der Waals surface area contributed by atoms with Gasteiger partial charge in [-0.05, 0) is 47.4 Å². The van der Waals surface area contributed by atoms with Crippen molar-refractivity contribution in [3.05, 3.63) is 126 Å². The van der Waals surface area contributed by atoms with Crippen LogP contribution in [0, 0.1) is 0 Å². The van der Waals surface area contributed by atoms with E-state index in [9.17, 15) is 14.4 Å². The van der Waals surface area contributed by atoms with E-state index in [1.807, 2.05) is 60.7 Å². The van der Waals surface area contributed by atoms with Crippen molar-refractivity contribution in [1.82, 2.24) is 10.6 Å². The smallest absolute Gasteiger partial charge is 0.414 e. The van der Waals surface area contributed by atoms with Crippen LogP contribution in [0.25, 0.3) is 0 Å². The quantitative estimate of drug-likeness (QED) is 0.156. The van der Waals surface area contributed by atoms with E-state index in [1.54, 1.807) is 36.4 Å². The molecule has 0 fully saturated rings. The topological polar surface area (TPSA) is 145 Å². The number of nitrogens with zero attached hydrogens (tertiary/aromatic N) is 1. The Morgan fingerprint density at radius 1 is 0.725 bits per heavy atom. The Balaban J connectivity index is 1.41. The number of carbonyl (C=O) groups is 3. The molecule has 3 aromatic carbocycles. The monoisotopic (exact) mass is 540 g/mol. The highest BCUT2D eigenvalue weighted by atomic mass is 16.6. The molecule has 10 heteroatoms.